The lowest BCUT2D eigenvalue weighted by Gasteiger charge is -2.10. The Kier molecular flexibility index (Phi) is 5.36. The number of thioether (sulfide) groups is 1. The van der Waals surface area contributed by atoms with Crippen LogP contribution in [0.25, 0.3) is 11.5 Å². The number of carbonyl (C=O) groups is 1. The minimum absolute atomic E-state index is 0.134. The topological polar surface area (TPSA) is 85.8 Å². The smallest absolute Gasteiger partial charge is 0.277 e. The third-order valence-corrected chi connectivity index (χ3v) is 5.50. The van der Waals surface area contributed by atoms with E-state index in [-0.39, 0.29) is 5.91 Å². The molecule has 0 bridgehead atoms. The van der Waals surface area contributed by atoms with Crippen LogP contribution >= 0.6 is 11.8 Å². The van der Waals surface area contributed by atoms with E-state index in [0.29, 0.717) is 11.1 Å². The molecule has 0 aliphatic rings. The van der Waals surface area contributed by atoms with Gasteiger partial charge in [-0.3, -0.25) is 9.48 Å². The van der Waals surface area contributed by atoms with Crippen molar-refractivity contribution in [2.24, 2.45) is 7.05 Å². The van der Waals surface area contributed by atoms with Gasteiger partial charge in [0.25, 0.3) is 5.22 Å². The molecule has 1 N–H and O–H groups in total. The maximum atomic E-state index is 12.5. The number of nitrogens with zero attached hydrogens (tertiary/aromatic N) is 4. The van der Waals surface area contributed by atoms with Gasteiger partial charge in [-0.2, -0.15) is 5.10 Å². The first-order valence-corrected chi connectivity index (χ1v) is 9.53. The maximum absolute atomic E-state index is 12.5. The fourth-order valence-electron chi connectivity index (χ4n) is 2.63. The lowest BCUT2D eigenvalue weighted by molar-refractivity contribution is -0.115. The summed E-state index contributed by atoms with van der Waals surface area (Å²) < 4.78 is 7.48. The zero-order valence-electron chi connectivity index (χ0n) is 16.3. The molecule has 0 spiro atoms. The minimum atomic E-state index is -0.392. The predicted octanol–water partition coefficient (Wildman–Crippen LogP) is 3.82. The summed E-state index contributed by atoms with van der Waals surface area (Å²) in [6.45, 7) is 9.69. The highest BCUT2D eigenvalue weighted by molar-refractivity contribution is 8.00. The van der Waals surface area contributed by atoms with Gasteiger partial charge < -0.3 is 9.73 Å². The van der Waals surface area contributed by atoms with Crippen molar-refractivity contribution in [1.82, 2.24) is 20.0 Å². The summed E-state index contributed by atoms with van der Waals surface area (Å²) in [5, 5.41) is 15.4. The van der Waals surface area contributed by atoms with Crippen molar-refractivity contribution in [3.8, 4) is 11.5 Å². The van der Waals surface area contributed by atoms with Gasteiger partial charge in [0.15, 0.2) is 0 Å². The number of aryl methyl sites for hydroxylation is 4. The number of nitrogens with one attached hydrogen (secondary N) is 1. The lowest BCUT2D eigenvalue weighted by atomic mass is 10.1. The summed E-state index contributed by atoms with van der Waals surface area (Å²) in [5.41, 5.74) is 5.68. The van der Waals surface area contributed by atoms with Crippen LogP contribution < -0.4 is 5.32 Å². The zero-order valence-corrected chi connectivity index (χ0v) is 17.1. The Bertz CT molecular complexity index is 992. The quantitative estimate of drug-likeness (QED) is 0.672. The number of hydrogen-bond donors (Lipinski definition) is 1. The van der Waals surface area contributed by atoms with E-state index in [9.17, 15) is 4.79 Å². The molecule has 3 rings (SSSR count). The number of benzene rings is 1. The molecule has 3 aromatic rings. The predicted molar refractivity (Wildman–Crippen MR) is 106 cm³/mol. The molecule has 0 saturated heterocycles. The van der Waals surface area contributed by atoms with Gasteiger partial charge in [0.1, 0.15) is 0 Å². The van der Waals surface area contributed by atoms with Crippen molar-refractivity contribution in [2.45, 2.75) is 45.1 Å². The molecule has 8 heteroatoms. The Morgan fingerprint density at radius 1 is 1.19 bits per heavy atom. The molecule has 142 valence electrons. The van der Waals surface area contributed by atoms with E-state index in [0.717, 1.165) is 28.2 Å². The number of anilines is 1. The zero-order chi connectivity index (χ0) is 19.7. The maximum Gasteiger partial charge on any atom is 0.277 e. The highest BCUT2D eigenvalue weighted by Crippen LogP contribution is 2.28. The second kappa shape index (κ2) is 7.56. The van der Waals surface area contributed by atoms with Crippen molar-refractivity contribution in [2.75, 3.05) is 5.32 Å². The van der Waals surface area contributed by atoms with Gasteiger partial charge in [-0.1, -0.05) is 17.8 Å². The first kappa shape index (κ1) is 19.2. The molecule has 0 unspecified atom stereocenters. The molecule has 0 radical (unpaired) electrons. The Hall–Kier alpha value is -2.61. The standard InChI is InChI=1S/C19H23N5O2S/c1-10-7-8-15(9-11(10)2)18-21-22-19(26-18)27-14(5)17(25)20-16-12(3)23-24(6)13(16)4/h7-9,14H,1-6H3,(H,20,25)/t14-/m1/s1. The average Bonchev–Trinajstić information content (AvgIpc) is 3.17. The summed E-state index contributed by atoms with van der Waals surface area (Å²) in [7, 11) is 1.85. The third-order valence-electron chi connectivity index (χ3n) is 4.56. The van der Waals surface area contributed by atoms with E-state index in [1.54, 1.807) is 11.6 Å². The van der Waals surface area contributed by atoms with Crippen LogP contribution in [0.1, 0.15) is 29.4 Å². The molecular weight excluding hydrogens is 362 g/mol. The second-order valence-corrected chi connectivity index (χ2v) is 7.88. The van der Waals surface area contributed by atoms with Gasteiger partial charge in [0, 0.05) is 12.6 Å². The van der Waals surface area contributed by atoms with Gasteiger partial charge in [-0.05, 0) is 57.9 Å². The Labute approximate surface area is 162 Å². The van der Waals surface area contributed by atoms with Crippen molar-refractivity contribution in [3.05, 3.63) is 40.7 Å². The molecule has 0 saturated carbocycles. The molecule has 2 heterocycles. The van der Waals surface area contributed by atoms with Crippen LogP contribution in [0.5, 0.6) is 0 Å². The Morgan fingerprint density at radius 3 is 2.56 bits per heavy atom. The molecule has 7 nitrogen and oxygen atoms in total. The molecule has 0 fully saturated rings. The molecule has 1 amide bonds. The average molecular weight is 385 g/mol. The van der Waals surface area contributed by atoms with E-state index in [1.807, 2.05) is 46.0 Å². The summed E-state index contributed by atoms with van der Waals surface area (Å²) >= 11 is 1.23. The fourth-order valence-corrected chi connectivity index (χ4v) is 3.32. The monoisotopic (exact) mass is 385 g/mol. The summed E-state index contributed by atoms with van der Waals surface area (Å²) in [6.07, 6.45) is 0. The highest BCUT2D eigenvalue weighted by atomic mass is 32.2. The van der Waals surface area contributed by atoms with Crippen molar-refractivity contribution < 1.29 is 9.21 Å². The number of rotatable bonds is 5. The van der Waals surface area contributed by atoms with Crippen LogP contribution in [-0.4, -0.2) is 31.1 Å². The Balaban J connectivity index is 1.69. The van der Waals surface area contributed by atoms with Crippen molar-refractivity contribution in [1.29, 1.82) is 0 Å². The lowest BCUT2D eigenvalue weighted by Crippen LogP contribution is -2.23. The first-order chi connectivity index (χ1) is 12.8. The highest BCUT2D eigenvalue weighted by Gasteiger charge is 2.21. The van der Waals surface area contributed by atoms with E-state index >= 15 is 0 Å². The number of hydrogen-bond acceptors (Lipinski definition) is 6. The molecule has 27 heavy (non-hydrogen) atoms. The molecule has 2 aromatic heterocycles. The van der Waals surface area contributed by atoms with Crippen molar-refractivity contribution in [3.63, 3.8) is 0 Å². The van der Waals surface area contributed by atoms with Crippen LogP contribution in [0, 0.1) is 27.7 Å². The summed E-state index contributed by atoms with van der Waals surface area (Å²) in [5.74, 6) is 0.317. The van der Waals surface area contributed by atoms with E-state index in [1.165, 1.54) is 17.3 Å². The van der Waals surface area contributed by atoms with Gasteiger partial charge in [-0.15, -0.1) is 10.2 Å². The summed E-state index contributed by atoms with van der Waals surface area (Å²) in [6, 6.07) is 5.99. The number of aromatic nitrogens is 4. The van der Waals surface area contributed by atoms with E-state index < -0.39 is 5.25 Å². The molecule has 0 aliphatic heterocycles. The summed E-state index contributed by atoms with van der Waals surface area (Å²) in [4.78, 5) is 12.5. The van der Waals surface area contributed by atoms with Crippen LogP contribution in [-0.2, 0) is 11.8 Å². The molecular formula is C19H23N5O2S. The van der Waals surface area contributed by atoms with Crippen LogP contribution in [0.2, 0.25) is 0 Å². The first-order valence-electron chi connectivity index (χ1n) is 8.65. The minimum Gasteiger partial charge on any atom is -0.411 e. The van der Waals surface area contributed by atoms with Gasteiger partial charge in [-0.25, -0.2) is 0 Å². The normalized spacial score (nSPS) is 12.2. The Morgan fingerprint density at radius 2 is 1.93 bits per heavy atom. The molecule has 0 aliphatic carbocycles. The SMILES string of the molecule is Cc1ccc(-c2nnc(S[C@H](C)C(=O)Nc3c(C)nn(C)c3C)o2)cc1C. The van der Waals surface area contributed by atoms with Crippen LogP contribution in [0.4, 0.5) is 5.69 Å². The van der Waals surface area contributed by atoms with E-state index in [4.69, 9.17) is 4.42 Å². The van der Waals surface area contributed by atoms with E-state index in [2.05, 4.69) is 27.5 Å². The van der Waals surface area contributed by atoms with Crippen LogP contribution in [0.15, 0.2) is 27.8 Å². The van der Waals surface area contributed by atoms with Gasteiger partial charge in [0.05, 0.1) is 22.3 Å². The second-order valence-electron chi connectivity index (χ2n) is 6.59. The molecule has 1 atom stereocenters. The van der Waals surface area contributed by atoms with Gasteiger partial charge in [0.2, 0.25) is 11.8 Å². The van der Waals surface area contributed by atoms with Crippen LogP contribution in [0.3, 0.4) is 0 Å². The van der Waals surface area contributed by atoms with Crippen molar-refractivity contribution >= 4 is 23.4 Å². The van der Waals surface area contributed by atoms with Gasteiger partial charge >= 0.3 is 0 Å². The number of carbonyl (C=O) groups excluding carboxylic acids is 1. The molecule has 1 aromatic carbocycles. The fraction of sp³-hybridized carbons (Fsp3) is 0.368. The third kappa shape index (κ3) is 4.05. The largest absolute Gasteiger partial charge is 0.411 e. The number of amides is 1.